The van der Waals surface area contributed by atoms with E-state index in [0.29, 0.717) is 18.0 Å². The van der Waals surface area contributed by atoms with E-state index in [1.54, 1.807) is 31.4 Å². The third kappa shape index (κ3) is 6.10. The van der Waals surface area contributed by atoms with Crippen LogP contribution in [0.4, 0.5) is 5.69 Å². The van der Waals surface area contributed by atoms with Crippen LogP contribution in [0.3, 0.4) is 0 Å². The van der Waals surface area contributed by atoms with Crippen LogP contribution in [0.15, 0.2) is 54.6 Å². The Morgan fingerprint density at radius 3 is 2.33 bits per heavy atom. The minimum absolute atomic E-state index is 0.114. The van der Waals surface area contributed by atoms with Crippen molar-refractivity contribution in [3.63, 3.8) is 0 Å². The summed E-state index contributed by atoms with van der Waals surface area (Å²) in [7, 11) is 1.62. The van der Waals surface area contributed by atoms with Crippen LogP contribution in [-0.4, -0.2) is 32.1 Å². The van der Waals surface area contributed by atoms with E-state index in [2.05, 4.69) is 10.6 Å². The van der Waals surface area contributed by atoms with Crippen molar-refractivity contribution in [2.24, 2.45) is 0 Å². The Morgan fingerprint density at radius 1 is 0.958 bits per heavy atom. The molecule has 0 aliphatic rings. The molecule has 0 radical (unpaired) electrons. The lowest BCUT2D eigenvalue weighted by Crippen LogP contribution is -2.35. The number of hydrogen-bond donors (Lipinski definition) is 2. The molecule has 0 atom stereocenters. The zero-order valence-corrected chi connectivity index (χ0v) is 13.5. The van der Waals surface area contributed by atoms with Crippen LogP contribution in [0.25, 0.3) is 0 Å². The number of methoxy groups -OCH3 is 1. The third-order valence-corrected chi connectivity index (χ3v) is 3.11. The summed E-state index contributed by atoms with van der Waals surface area (Å²) in [5, 5.41) is 5.21. The van der Waals surface area contributed by atoms with E-state index in [4.69, 9.17) is 9.47 Å². The fourth-order valence-corrected chi connectivity index (χ4v) is 1.95. The summed E-state index contributed by atoms with van der Waals surface area (Å²) < 4.78 is 10.3. The largest absolute Gasteiger partial charge is 0.484 e. The van der Waals surface area contributed by atoms with Gasteiger partial charge >= 0.3 is 0 Å². The van der Waals surface area contributed by atoms with Crippen molar-refractivity contribution in [2.75, 3.05) is 25.6 Å². The number of nitrogens with one attached hydrogen (secondary N) is 2. The summed E-state index contributed by atoms with van der Waals surface area (Å²) in [5.74, 6) is -0.0553. The fraction of sp³-hybridized carbons (Fsp3) is 0.222. The highest BCUT2D eigenvalue weighted by atomic mass is 16.5. The molecule has 0 spiro atoms. The van der Waals surface area contributed by atoms with Crippen LogP contribution in [0.2, 0.25) is 0 Å². The van der Waals surface area contributed by atoms with Crippen LogP contribution in [0.1, 0.15) is 5.56 Å². The second kappa shape index (κ2) is 9.32. The third-order valence-electron chi connectivity index (χ3n) is 3.11. The van der Waals surface area contributed by atoms with Gasteiger partial charge in [-0.3, -0.25) is 9.59 Å². The van der Waals surface area contributed by atoms with E-state index in [9.17, 15) is 9.59 Å². The Labute approximate surface area is 140 Å². The zero-order chi connectivity index (χ0) is 17.2. The molecule has 2 aromatic rings. The SMILES string of the molecule is COCc1ccc(NC(=O)CNC(=O)COc2ccccc2)cc1. The van der Waals surface area contributed by atoms with Gasteiger partial charge in [0, 0.05) is 12.8 Å². The van der Waals surface area contributed by atoms with Gasteiger partial charge in [-0.2, -0.15) is 0 Å². The summed E-state index contributed by atoms with van der Waals surface area (Å²) in [6.45, 7) is 0.269. The highest BCUT2D eigenvalue weighted by Crippen LogP contribution is 2.10. The van der Waals surface area contributed by atoms with Gasteiger partial charge in [-0.1, -0.05) is 30.3 Å². The maximum atomic E-state index is 11.8. The molecule has 0 saturated heterocycles. The number of benzene rings is 2. The van der Waals surface area contributed by atoms with Gasteiger partial charge in [-0.05, 0) is 29.8 Å². The molecule has 2 N–H and O–H groups in total. The topological polar surface area (TPSA) is 76.7 Å². The van der Waals surface area contributed by atoms with Gasteiger partial charge in [0.2, 0.25) is 5.91 Å². The quantitative estimate of drug-likeness (QED) is 0.777. The summed E-state index contributed by atoms with van der Waals surface area (Å²) in [4.78, 5) is 23.5. The number of hydrogen-bond acceptors (Lipinski definition) is 4. The Hall–Kier alpha value is -2.86. The van der Waals surface area contributed by atoms with E-state index in [-0.39, 0.29) is 25.0 Å². The number of anilines is 1. The van der Waals surface area contributed by atoms with Crippen molar-refractivity contribution in [1.82, 2.24) is 5.32 Å². The van der Waals surface area contributed by atoms with Gasteiger partial charge in [0.15, 0.2) is 6.61 Å². The molecule has 0 saturated carbocycles. The average Bonchev–Trinajstić information content (AvgIpc) is 2.61. The van der Waals surface area contributed by atoms with Crippen molar-refractivity contribution in [2.45, 2.75) is 6.61 Å². The highest BCUT2D eigenvalue weighted by molar-refractivity contribution is 5.94. The first-order chi connectivity index (χ1) is 11.7. The summed E-state index contributed by atoms with van der Waals surface area (Å²) >= 11 is 0. The smallest absolute Gasteiger partial charge is 0.258 e. The Balaban J connectivity index is 1.69. The Bertz CT molecular complexity index is 656. The lowest BCUT2D eigenvalue weighted by molar-refractivity contribution is -0.125. The van der Waals surface area contributed by atoms with Crippen LogP contribution in [0.5, 0.6) is 5.75 Å². The standard InChI is InChI=1S/C18H20N2O4/c1-23-12-14-7-9-15(10-8-14)20-17(21)11-19-18(22)13-24-16-5-3-2-4-6-16/h2-10H,11-13H2,1H3,(H,19,22)(H,20,21). The number of rotatable bonds is 8. The van der Waals surface area contributed by atoms with Crippen molar-refractivity contribution in [3.8, 4) is 5.75 Å². The van der Waals surface area contributed by atoms with Crippen LogP contribution in [-0.2, 0) is 20.9 Å². The maximum Gasteiger partial charge on any atom is 0.258 e. The zero-order valence-electron chi connectivity index (χ0n) is 13.5. The van der Waals surface area contributed by atoms with Crippen LogP contribution >= 0.6 is 0 Å². The fourth-order valence-electron chi connectivity index (χ4n) is 1.95. The predicted molar refractivity (Wildman–Crippen MR) is 90.7 cm³/mol. The number of ether oxygens (including phenoxy) is 2. The summed E-state index contributed by atoms with van der Waals surface area (Å²) in [6.07, 6.45) is 0. The van der Waals surface area contributed by atoms with E-state index >= 15 is 0 Å². The molecular weight excluding hydrogens is 308 g/mol. The van der Waals surface area contributed by atoms with E-state index in [1.165, 1.54) is 0 Å². The minimum atomic E-state index is -0.357. The number of para-hydroxylation sites is 1. The molecular formula is C18H20N2O4. The molecule has 2 aromatic carbocycles. The molecule has 0 unspecified atom stereocenters. The molecule has 126 valence electrons. The van der Waals surface area contributed by atoms with Crippen molar-refractivity contribution in [3.05, 3.63) is 60.2 Å². The first kappa shape index (κ1) is 17.5. The van der Waals surface area contributed by atoms with Gasteiger partial charge in [0.25, 0.3) is 5.91 Å². The molecule has 2 rings (SSSR count). The van der Waals surface area contributed by atoms with Gasteiger partial charge in [0.1, 0.15) is 5.75 Å². The Kier molecular flexibility index (Phi) is 6.79. The first-order valence-corrected chi connectivity index (χ1v) is 7.49. The summed E-state index contributed by atoms with van der Waals surface area (Å²) in [5.41, 5.74) is 1.68. The molecule has 0 fully saturated rings. The average molecular weight is 328 g/mol. The lowest BCUT2D eigenvalue weighted by atomic mass is 10.2. The molecule has 6 nitrogen and oxygen atoms in total. The molecule has 0 aliphatic carbocycles. The number of amides is 2. The second-order valence-electron chi connectivity index (χ2n) is 5.06. The monoisotopic (exact) mass is 328 g/mol. The van der Waals surface area contributed by atoms with Crippen molar-refractivity contribution >= 4 is 17.5 Å². The normalized spacial score (nSPS) is 10.0. The minimum Gasteiger partial charge on any atom is -0.484 e. The van der Waals surface area contributed by atoms with E-state index in [1.807, 2.05) is 30.3 Å². The van der Waals surface area contributed by atoms with Gasteiger partial charge in [-0.15, -0.1) is 0 Å². The van der Waals surface area contributed by atoms with E-state index in [0.717, 1.165) is 5.56 Å². The Morgan fingerprint density at radius 2 is 1.67 bits per heavy atom. The van der Waals surface area contributed by atoms with Gasteiger partial charge < -0.3 is 20.1 Å². The maximum absolute atomic E-state index is 11.8. The molecule has 0 bridgehead atoms. The molecule has 0 aliphatic heterocycles. The van der Waals surface area contributed by atoms with Gasteiger partial charge in [0.05, 0.1) is 13.2 Å². The summed E-state index contributed by atoms with van der Waals surface area (Å²) in [6, 6.07) is 16.3. The number of carbonyl (C=O) groups excluding carboxylic acids is 2. The molecule has 6 heteroatoms. The van der Waals surface area contributed by atoms with Crippen molar-refractivity contribution < 1.29 is 19.1 Å². The number of carbonyl (C=O) groups is 2. The lowest BCUT2D eigenvalue weighted by Gasteiger charge is -2.09. The van der Waals surface area contributed by atoms with Crippen LogP contribution < -0.4 is 15.4 Å². The molecule has 0 aromatic heterocycles. The van der Waals surface area contributed by atoms with Crippen molar-refractivity contribution in [1.29, 1.82) is 0 Å². The van der Waals surface area contributed by atoms with E-state index < -0.39 is 0 Å². The predicted octanol–water partition coefficient (Wildman–Crippen LogP) is 1.97. The van der Waals surface area contributed by atoms with Crippen LogP contribution in [0, 0.1) is 0 Å². The second-order valence-corrected chi connectivity index (χ2v) is 5.06. The molecule has 24 heavy (non-hydrogen) atoms. The van der Waals surface area contributed by atoms with Gasteiger partial charge in [-0.25, -0.2) is 0 Å². The molecule has 2 amide bonds. The first-order valence-electron chi connectivity index (χ1n) is 7.49. The highest BCUT2D eigenvalue weighted by Gasteiger charge is 2.07. The molecule has 0 heterocycles.